The molecule has 3 N–H and O–H groups in total. The van der Waals surface area contributed by atoms with Gasteiger partial charge < -0.3 is 15.3 Å². The van der Waals surface area contributed by atoms with Gasteiger partial charge >= 0.3 is 5.97 Å². The van der Waals surface area contributed by atoms with Gasteiger partial charge in [0.1, 0.15) is 11.6 Å². The molecular weight excluding hydrogens is 232 g/mol. The van der Waals surface area contributed by atoms with Gasteiger partial charge in [0.2, 0.25) is 0 Å². The number of unbranched alkanes of at least 4 members (excludes halogenated alkanes) is 1. The van der Waals surface area contributed by atoms with Crippen LogP contribution in [0.3, 0.4) is 0 Å². The highest BCUT2D eigenvalue weighted by Gasteiger charge is 2.10. The number of benzene rings is 1. The lowest BCUT2D eigenvalue weighted by atomic mass is 10.0. The number of fused-ring (bicyclic) bond motifs is 1. The van der Waals surface area contributed by atoms with Crippen molar-refractivity contribution < 1.29 is 14.3 Å². The Morgan fingerprint density at radius 1 is 1.44 bits per heavy atom. The highest BCUT2D eigenvalue weighted by Crippen LogP contribution is 2.16. The largest absolute Gasteiger partial charge is 0.480 e. The summed E-state index contributed by atoms with van der Waals surface area (Å²) in [6.07, 6.45) is 4.56. The van der Waals surface area contributed by atoms with Gasteiger partial charge in [0.05, 0.1) is 0 Å². The van der Waals surface area contributed by atoms with Crippen molar-refractivity contribution in [1.82, 2.24) is 4.98 Å². The molecular formula is C13H16N2O3. The number of aryl methyl sites for hydroxylation is 1. The third kappa shape index (κ3) is 3.07. The lowest BCUT2D eigenvalue weighted by Crippen LogP contribution is -2.29. The number of hydrogen-bond acceptors (Lipinski definition) is 4. The molecule has 0 aliphatic carbocycles. The summed E-state index contributed by atoms with van der Waals surface area (Å²) < 4.78 is 5.23. The molecule has 2 aromatic rings. The SMILES string of the molecule is NC(CCCCc1ccc2ncoc2c1)C(=O)O. The van der Waals surface area contributed by atoms with Gasteiger partial charge in [-0.25, -0.2) is 4.98 Å². The third-order valence-electron chi connectivity index (χ3n) is 2.94. The van der Waals surface area contributed by atoms with Crippen LogP contribution in [0.15, 0.2) is 29.0 Å². The van der Waals surface area contributed by atoms with Gasteiger partial charge in [-0.05, 0) is 37.0 Å². The fraction of sp³-hybridized carbons (Fsp3) is 0.385. The molecule has 1 heterocycles. The zero-order valence-electron chi connectivity index (χ0n) is 10.0. The summed E-state index contributed by atoms with van der Waals surface area (Å²) in [5.41, 5.74) is 8.24. The predicted molar refractivity (Wildman–Crippen MR) is 67.2 cm³/mol. The number of carbonyl (C=O) groups is 1. The van der Waals surface area contributed by atoms with E-state index >= 15 is 0 Å². The second kappa shape index (κ2) is 5.64. The minimum atomic E-state index is -0.932. The second-order valence-corrected chi connectivity index (χ2v) is 4.34. The van der Waals surface area contributed by atoms with Crippen LogP contribution in [0.5, 0.6) is 0 Å². The third-order valence-corrected chi connectivity index (χ3v) is 2.94. The summed E-state index contributed by atoms with van der Waals surface area (Å²) in [5, 5.41) is 8.65. The van der Waals surface area contributed by atoms with Crippen LogP contribution in [-0.2, 0) is 11.2 Å². The van der Waals surface area contributed by atoms with Crippen molar-refractivity contribution in [3.05, 3.63) is 30.2 Å². The fourth-order valence-corrected chi connectivity index (χ4v) is 1.87. The van der Waals surface area contributed by atoms with Crippen molar-refractivity contribution in [3.8, 4) is 0 Å². The normalized spacial score (nSPS) is 12.7. The number of nitrogens with two attached hydrogens (primary N) is 1. The van der Waals surface area contributed by atoms with Crippen LogP contribution < -0.4 is 5.73 Å². The average molecular weight is 248 g/mol. The summed E-state index contributed by atoms with van der Waals surface area (Å²) in [5.74, 6) is -0.932. The first-order chi connectivity index (χ1) is 8.66. The molecule has 18 heavy (non-hydrogen) atoms. The molecule has 0 spiro atoms. The van der Waals surface area contributed by atoms with E-state index in [1.807, 2.05) is 18.2 Å². The van der Waals surface area contributed by atoms with Crippen LogP contribution in [-0.4, -0.2) is 22.1 Å². The van der Waals surface area contributed by atoms with E-state index in [4.69, 9.17) is 15.3 Å². The van der Waals surface area contributed by atoms with Crippen LogP contribution in [0.1, 0.15) is 24.8 Å². The first-order valence-electron chi connectivity index (χ1n) is 5.97. The van der Waals surface area contributed by atoms with Crippen LogP contribution in [0, 0.1) is 0 Å². The van der Waals surface area contributed by atoms with Crippen molar-refractivity contribution in [3.63, 3.8) is 0 Å². The Hall–Kier alpha value is -1.88. The number of aliphatic carboxylic acids is 1. The van der Waals surface area contributed by atoms with Gasteiger partial charge in [-0.2, -0.15) is 0 Å². The van der Waals surface area contributed by atoms with Crippen molar-refractivity contribution >= 4 is 17.1 Å². The lowest BCUT2D eigenvalue weighted by Gasteiger charge is -2.05. The standard InChI is InChI=1S/C13H16N2O3/c14-10(13(16)17)4-2-1-3-9-5-6-11-12(7-9)18-8-15-11/h5-8,10H,1-4,14H2,(H,16,17). The van der Waals surface area contributed by atoms with Gasteiger partial charge in [-0.15, -0.1) is 0 Å². The van der Waals surface area contributed by atoms with Crippen LogP contribution in [0.4, 0.5) is 0 Å². The molecule has 5 heteroatoms. The molecule has 0 bridgehead atoms. The number of hydrogen-bond donors (Lipinski definition) is 2. The Morgan fingerprint density at radius 3 is 3.06 bits per heavy atom. The minimum absolute atomic E-state index is 0.514. The van der Waals surface area contributed by atoms with Gasteiger partial charge in [0.15, 0.2) is 12.0 Å². The molecule has 0 radical (unpaired) electrons. The van der Waals surface area contributed by atoms with E-state index < -0.39 is 12.0 Å². The van der Waals surface area contributed by atoms with E-state index in [9.17, 15) is 4.79 Å². The number of carboxylic acids is 1. The summed E-state index contributed by atoms with van der Waals surface area (Å²) in [7, 11) is 0. The fourth-order valence-electron chi connectivity index (χ4n) is 1.87. The average Bonchev–Trinajstić information content (AvgIpc) is 2.81. The van der Waals surface area contributed by atoms with Crippen LogP contribution in [0.2, 0.25) is 0 Å². The molecule has 5 nitrogen and oxygen atoms in total. The Morgan fingerprint density at radius 2 is 2.28 bits per heavy atom. The lowest BCUT2D eigenvalue weighted by molar-refractivity contribution is -0.138. The topological polar surface area (TPSA) is 89.4 Å². The van der Waals surface area contributed by atoms with E-state index in [0.717, 1.165) is 30.4 Å². The van der Waals surface area contributed by atoms with Gasteiger partial charge in [-0.3, -0.25) is 4.79 Å². The summed E-state index contributed by atoms with van der Waals surface area (Å²) >= 11 is 0. The molecule has 0 aliphatic heterocycles. The predicted octanol–water partition coefficient (Wildman–Crippen LogP) is 1.95. The number of aromatic nitrogens is 1. The highest BCUT2D eigenvalue weighted by molar-refractivity contribution is 5.73. The molecule has 1 atom stereocenters. The summed E-state index contributed by atoms with van der Waals surface area (Å²) in [4.78, 5) is 14.6. The smallest absolute Gasteiger partial charge is 0.320 e. The second-order valence-electron chi connectivity index (χ2n) is 4.34. The van der Waals surface area contributed by atoms with E-state index in [1.54, 1.807) is 0 Å². The Labute approximate surface area is 105 Å². The first-order valence-corrected chi connectivity index (χ1v) is 5.97. The molecule has 0 fully saturated rings. The number of rotatable bonds is 6. The molecule has 96 valence electrons. The van der Waals surface area contributed by atoms with Crippen LogP contribution >= 0.6 is 0 Å². The number of carboxylic acid groups (broad SMARTS) is 1. The molecule has 1 unspecified atom stereocenters. The zero-order chi connectivity index (χ0) is 13.0. The maximum atomic E-state index is 10.5. The van der Waals surface area contributed by atoms with Gasteiger partial charge in [0, 0.05) is 0 Å². The van der Waals surface area contributed by atoms with Crippen molar-refractivity contribution in [2.24, 2.45) is 5.73 Å². The quantitative estimate of drug-likeness (QED) is 0.763. The minimum Gasteiger partial charge on any atom is -0.480 e. The zero-order valence-corrected chi connectivity index (χ0v) is 10.0. The van der Waals surface area contributed by atoms with Gasteiger partial charge in [0.25, 0.3) is 0 Å². The molecule has 0 saturated heterocycles. The monoisotopic (exact) mass is 248 g/mol. The number of nitrogens with zero attached hydrogens (tertiary/aromatic N) is 1. The van der Waals surface area contributed by atoms with Crippen LogP contribution in [0.25, 0.3) is 11.1 Å². The van der Waals surface area contributed by atoms with E-state index in [-0.39, 0.29) is 0 Å². The molecule has 0 saturated carbocycles. The molecule has 1 aromatic heterocycles. The molecule has 0 amide bonds. The Kier molecular flexibility index (Phi) is 3.94. The molecule has 0 aliphatic rings. The van der Waals surface area contributed by atoms with Crippen molar-refractivity contribution in [2.75, 3.05) is 0 Å². The number of oxazole rings is 1. The van der Waals surface area contributed by atoms with Crippen molar-refractivity contribution in [2.45, 2.75) is 31.7 Å². The van der Waals surface area contributed by atoms with E-state index in [2.05, 4.69) is 4.98 Å². The molecule has 1 aromatic carbocycles. The maximum absolute atomic E-state index is 10.5. The Balaban J connectivity index is 1.81. The summed E-state index contributed by atoms with van der Waals surface area (Å²) in [6.45, 7) is 0. The van der Waals surface area contributed by atoms with E-state index in [0.29, 0.717) is 6.42 Å². The first kappa shape index (κ1) is 12.6. The summed E-state index contributed by atoms with van der Waals surface area (Å²) in [6, 6.07) is 5.17. The molecule has 2 rings (SSSR count). The van der Waals surface area contributed by atoms with Crippen molar-refractivity contribution in [1.29, 1.82) is 0 Å². The Bertz CT molecular complexity index is 536. The maximum Gasteiger partial charge on any atom is 0.320 e. The van der Waals surface area contributed by atoms with Gasteiger partial charge in [-0.1, -0.05) is 12.5 Å². The highest BCUT2D eigenvalue weighted by atomic mass is 16.4. The van der Waals surface area contributed by atoms with E-state index in [1.165, 1.54) is 12.0 Å².